The lowest BCUT2D eigenvalue weighted by Gasteiger charge is -2.24. The molecule has 1 atom stereocenters. The van der Waals surface area contributed by atoms with Crippen molar-refractivity contribution >= 4 is 17.2 Å². The van der Waals surface area contributed by atoms with Crippen LogP contribution in [-0.4, -0.2) is 35.1 Å². The molecule has 3 nitrogen and oxygen atoms in total. The van der Waals surface area contributed by atoms with Gasteiger partial charge in [-0.25, -0.2) is 0 Å². The maximum Gasteiger partial charge on any atom is 0.264 e. The van der Waals surface area contributed by atoms with Gasteiger partial charge >= 0.3 is 0 Å². The number of nitrogens with zero attached hydrogens (tertiary/aromatic N) is 1. The van der Waals surface area contributed by atoms with E-state index in [1.54, 1.807) is 11.3 Å². The summed E-state index contributed by atoms with van der Waals surface area (Å²) in [7, 11) is 0. The second-order valence-corrected chi connectivity index (χ2v) is 7.42. The zero-order valence-corrected chi connectivity index (χ0v) is 13.5. The van der Waals surface area contributed by atoms with Crippen LogP contribution in [0.25, 0.3) is 0 Å². The summed E-state index contributed by atoms with van der Waals surface area (Å²) in [6, 6.07) is 2.50. The number of thiophene rings is 1. The number of aryl methyl sites for hydroxylation is 2. The number of aliphatic hydroxyl groups is 1. The molecule has 3 rings (SSSR count). The molecule has 1 unspecified atom stereocenters. The van der Waals surface area contributed by atoms with Crippen LogP contribution in [0.4, 0.5) is 0 Å². The van der Waals surface area contributed by atoms with Gasteiger partial charge in [-0.1, -0.05) is 6.42 Å². The number of amides is 1. The Labute approximate surface area is 131 Å². The van der Waals surface area contributed by atoms with E-state index >= 15 is 0 Å². The highest BCUT2D eigenvalue weighted by molar-refractivity contribution is 7.14. The van der Waals surface area contributed by atoms with Crippen LogP contribution in [0.1, 0.15) is 65.1 Å². The van der Waals surface area contributed by atoms with Crippen LogP contribution in [0, 0.1) is 0 Å². The molecule has 1 saturated heterocycles. The number of aliphatic hydroxyl groups excluding tert-OH is 1. The SMILES string of the molecule is O=C(c1cc2c(s1)CCCCC2)N1CCCC1CCCO. The van der Waals surface area contributed by atoms with Gasteiger partial charge in [-0.3, -0.25) is 4.79 Å². The van der Waals surface area contributed by atoms with Gasteiger partial charge in [0.2, 0.25) is 0 Å². The number of hydrogen-bond acceptors (Lipinski definition) is 3. The first-order chi connectivity index (χ1) is 10.3. The first kappa shape index (κ1) is 15.0. The number of rotatable bonds is 4. The first-order valence-corrected chi connectivity index (χ1v) is 9.14. The average Bonchev–Trinajstić information content (AvgIpc) is 3.06. The van der Waals surface area contributed by atoms with Crippen LogP contribution >= 0.6 is 11.3 Å². The topological polar surface area (TPSA) is 40.5 Å². The summed E-state index contributed by atoms with van der Waals surface area (Å²) >= 11 is 1.73. The highest BCUT2D eigenvalue weighted by atomic mass is 32.1. The van der Waals surface area contributed by atoms with Crippen molar-refractivity contribution in [2.24, 2.45) is 0 Å². The highest BCUT2D eigenvalue weighted by Gasteiger charge is 2.30. The third-order valence-corrected chi connectivity index (χ3v) is 6.02. The summed E-state index contributed by atoms with van der Waals surface area (Å²) in [6.07, 6.45) is 10.1. The summed E-state index contributed by atoms with van der Waals surface area (Å²) in [4.78, 5) is 17.2. The molecule has 21 heavy (non-hydrogen) atoms. The van der Waals surface area contributed by atoms with E-state index in [2.05, 4.69) is 11.0 Å². The zero-order valence-electron chi connectivity index (χ0n) is 12.6. The van der Waals surface area contributed by atoms with Crippen LogP contribution < -0.4 is 0 Å². The predicted molar refractivity (Wildman–Crippen MR) is 86.0 cm³/mol. The summed E-state index contributed by atoms with van der Waals surface area (Å²) in [5.41, 5.74) is 1.42. The molecule has 1 aliphatic carbocycles. The monoisotopic (exact) mass is 307 g/mol. The standard InChI is InChI=1S/C17H25NO2S/c19-11-5-8-14-7-4-10-18(14)17(20)16-12-13-6-2-1-3-9-15(13)21-16/h12,14,19H,1-11H2. The largest absolute Gasteiger partial charge is 0.396 e. The van der Waals surface area contributed by atoms with Crippen molar-refractivity contribution in [2.75, 3.05) is 13.2 Å². The van der Waals surface area contributed by atoms with Crippen LogP contribution in [0.15, 0.2) is 6.07 Å². The zero-order chi connectivity index (χ0) is 14.7. The molecular weight excluding hydrogens is 282 g/mol. The Kier molecular flexibility index (Phi) is 4.96. The number of carbonyl (C=O) groups is 1. The van der Waals surface area contributed by atoms with E-state index in [-0.39, 0.29) is 12.5 Å². The Balaban J connectivity index is 1.72. The van der Waals surface area contributed by atoms with Crippen molar-refractivity contribution in [1.29, 1.82) is 0 Å². The van der Waals surface area contributed by atoms with Crippen molar-refractivity contribution in [1.82, 2.24) is 4.90 Å². The van der Waals surface area contributed by atoms with E-state index in [4.69, 9.17) is 5.11 Å². The number of hydrogen-bond donors (Lipinski definition) is 1. The van der Waals surface area contributed by atoms with E-state index in [0.717, 1.165) is 49.9 Å². The normalized spacial score (nSPS) is 22.1. The van der Waals surface area contributed by atoms with Gasteiger partial charge < -0.3 is 10.0 Å². The molecule has 1 amide bonds. The number of fused-ring (bicyclic) bond motifs is 1. The van der Waals surface area contributed by atoms with Gasteiger partial charge in [0.15, 0.2) is 0 Å². The Morgan fingerprint density at radius 3 is 3.00 bits per heavy atom. The maximum atomic E-state index is 12.8. The van der Waals surface area contributed by atoms with Gasteiger partial charge in [0.05, 0.1) is 4.88 Å². The third-order valence-electron chi connectivity index (χ3n) is 4.79. The van der Waals surface area contributed by atoms with Crippen molar-refractivity contribution in [3.05, 3.63) is 21.4 Å². The lowest BCUT2D eigenvalue weighted by molar-refractivity contribution is 0.0729. The molecule has 0 saturated carbocycles. The van der Waals surface area contributed by atoms with Gasteiger partial charge in [0.1, 0.15) is 0 Å². The highest BCUT2D eigenvalue weighted by Crippen LogP contribution is 2.31. The summed E-state index contributed by atoms with van der Waals surface area (Å²) < 4.78 is 0. The Bertz CT molecular complexity index is 473. The van der Waals surface area contributed by atoms with Crippen LogP contribution in [0.3, 0.4) is 0 Å². The number of carbonyl (C=O) groups excluding carboxylic acids is 1. The Hall–Kier alpha value is -0.870. The number of likely N-dealkylation sites (tertiary alicyclic amines) is 1. The fourth-order valence-electron chi connectivity index (χ4n) is 3.64. The average molecular weight is 307 g/mol. The van der Waals surface area contributed by atoms with Crippen molar-refractivity contribution in [2.45, 2.75) is 63.8 Å². The van der Waals surface area contributed by atoms with E-state index in [1.807, 2.05) is 0 Å². The molecule has 1 N–H and O–H groups in total. The Morgan fingerprint density at radius 1 is 1.29 bits per heavy atom. The molecule has 0 aromatic carbocycles. The molecule has 0 bridgehead atoms. The quantitative estimate of drug-likeness (QED) is 0.866. The van der Waals surface area contributed by atoms with E-state index in [9.17, 15) is 4.79 Å². The summed E-state index contributed by atoms with van der Waals surface area (Å²) in [5.74, 6) is 0.230. The molecule has 4 heteroatoms. The Morgan fingerprint density at radius 2 is 2.14 bits per heavy atom. The van der Waals surface area contributed by atoms with E-state index < -0.39 is 0 Å². The second kappa shape index (κ2) is 6.93. The second-order valence-electron chi connectivity index (χ2n) is 6.28. The van der Waals surface area contributed by atoms with Crippen molar-refractivity contribution in [3.63, 3.8) is 0 Å². The minimum atomic E-state index is 0.228. The van der Waals surface area contributed by atoms with Crippen LogP contribution in [0.2, 0.25) is 0 Å². The molecule has 2 aliphatic rings. The molecule has 2 heterocycles. The molecule has 1 aromatic heterocycles. The fourth-order valence-corrected chi connectivity index (χ4v) is 4.85. The predicted octanol–water partition coefficient (Wildman–Crippen LogP) is 3.39. The van der Waals surface area contributed by atoms with Crippen LogP contribution in [-0.2, 0) is 12.8 Å². The minimum absolute atomic E-state index is 0.228. The van der Waals surface area contributed by atoms with Crippen LogP contribution in [0.5, 0.6) is 0 Å². The van der Waals surface area contributed by atoms with E-state index in [1.165, 1.54) is 29.7 Å². The van der Waals surface area contributed by atoms with Gasteiger partial charge in [0.25, 0.3) is 5.91 Å². The molecule has 0 radical (unpaired) electrons. The third kappa shape index (κ3) is 3.32. The molecular formula is C17H25NO2S. The van der Waals surface area contributed by atoms with Crippen molar-refractivity contribution in [3.8, 4) is 0 Å². The van der Waals surface area contributed by atoms with E-state index in [0.29, 0.717) is 6.04 Å². The maximum absolute atomic E-state index is 12.8. The fraction of sp³-hybridized carbons (Fsp3) is 0.706. The smallest absolute Gasteiger partial charge is 0.264 e. The molecule has 116 valence electrons. The molecule has 1 aromatic rings. The minimum Gasteiger partial charge on any atom is -0.396 e. The lowest BCUT2D eigenvalue weighted by atomic mass is 10.1. The molecule has 0 spiro atoms. The summed E-state index contributed by atoms with van der Waals surface area (Å²) in [6.45, 7) is 1.11. The van der Waals surface area contributed by atoms with Gasteiger partial charge in [-0.05, 0) is 63.0 Å². The molecule has 1 fully saturated rings. The first-order valence-electron chi connectivity index (χ1n) is 8.33. The summed E-state index contributed by atoms with van der Waals surface area (Å²) in [5, 5.41) is 9.00. The van der Waals surface area contributed by atoms with Gasteiger partial charge in [0, 0.05) is 24.1 Å². The van der Waals surface area contributed by atoms with Gasteiger partial charge in [-0.2, -0.15) is 0 Å². The van der Waals surface area contributed by atoms with Gasteiger partial charge in [-0.15, -0.1) is 11.3 Å². The lowest BCUT2D eigenvalue weighted by Crippen LogP contribution is -2.35. The molecule has 1 aliphatic heterocycles. The van der Waals surface area contributed by atoms with Crippen molar-refractivity contribution < 1.29 is 9.90 Å².